The summed E-state index contributed by atoms with van der Waals surface area (Å²) in [4.78, 5) is 7.67. The summed E-state index contributed by atoms with van der Waals surface area (Å²) < 4.78 is 27.8. The summed E-state index contributed by atoms with van der Waals surface area (Å²) in [5.74, 6) is 0. The van der Waals surface area contributed by atoms with E-state index in [2.05, 4.69) is 46.5 Å². The highest BCUT2D eigenvalue weighted by Crippen LogP contribution is 2.26. The molecule has 19 heavy (non-hydrogen) atoms. The smallest absolute Gasteiger partial charge is 0.263 e. The molecule has 0 fully saturated rings. The van der Waals surface area contributed by atoms with Crippen molar-refractivity contribution in [1.82, 2.24) is 9.97 Å². The van der Waals surface area contributed by atoms with Crippen molar-refractivity contribution in [2.45, 2.75) is 4.90 Å². The van der Waals surface area contributed by atoms with Crippen molar-refractivity contribution in [2.24, 2.45) is 0 Å². The summed E-state index contributed by atoms with van der Waals surface area (Å²) >= 11 is 12.2. The van der Waals surface area contributed by atoms with Gasteiger partial charge in [-0.05, 0) is 44.0 Å². The summed E-state index contributed by atoms with van der Waals surface area (Å²) in [5.41, 5.74) is 0.191. The van der Waals surface area contributed by atoms with E-state index in [1.165, 1.54) is 30.7 Å². The van der Waals surface area contributed by atoms with Gasteiger partial charge >= 0.3 is 0 Å². The Bertz CT molecular complexity index is 724. The average molecular weight is 428 g/mol. The second-order valence-corrected chi connectivity index (χ2v) is 7.31. The predicted octanol–water partition coefficient (Wildman–Crippen LogP) is 3.46. The van der Waals surface area contributed by atoms with Gasteiger partial charge < -0.3 is 0 Å². The zero-order valence-electron chi connectivity index (χ0n) is 9.14. The van der Waals surface area contributed by atoms with Crippen molar-refractivity contribution in [3.63, 3.8) is 0 Å². The Hall–Kier alpha value is -0.700. The topological polar surface area (TPSA) is 72.0 Å². The molecular weight excluding hydrogens is 421 g/mol. The van der Waals surface area contributed by atoms with E-state index in [1.807, 2.05) is 0 Å². The van der Waals surface area contributed by atoms with Gasteiger partial charge in [-0.1, -0.05) is 11.6 Å². The molecule has 9 heteroatoms. The lowest BCUT2D eigenvalue weighted by Gasteiger charge is -2.09. The zero-order valence-corrected chi connectivity index (χ0v) is 13.9. The van der Waals surface area contributed by atoms with Crippen LogP contribution >= 0.6 is 43.5 Å². The van der Waals surface area contributed by atoms with Crippen molar-refractivity contribution in [1.29, 1.82) is 0 Å². The number of hydrogen-bond acceptors (Lipinski definition) is 4. The van der Waals surface area contributed by atoms with Crippen molar-refractivity contribution in [3.05, 3.63) is 44.8 Å². The van der Waals surface area contributed by atoms with Crippen molar-refractivity contribution < 1.29 is 8.42 Å². The maximum absolute atomic E-state index is 12.1. The molecule has 0 aliphatic rings. The molecule has 0 spiro atoms. The number of aromatic nitrogens is 2. The molecule has 0 aliphatic heterocycles. The minimum absolute atomic E-state index is 0.0258. The number of pyridine rings is 2. The van der Waals surface area contributed by atoms with E-state index in [1.54, 1.807) is 0 Å². The Balaban J connectivity index is 2.39. The molecule has 0 unspecified atom stereocenters. The maximum Gasteiger partial charge on any atom is 0.263 e. The van der Waals surface area contributed by atoms with Crippen LogP contribution in [0.4, 0.5) is 5.69 Å². The number of rotatable bonds is 3. The molecule has 0 saturated carbocycles. The van der Waals surface area contributed by atoms with Crippen LogP contribution in [0.3, 0.4) is 0 Å². The second-order valence-electron chi connectivity index (χ2n) is 3.44. The minimum atomic E-state index is -3.76. The van der Waals surface area contributed by atoms with Crippen LogP contribution in [0, 0.1) is 0 Å². The second kappa shape index (κ2) is 5.74. The Morgan fingerprint density at radius 1 is 1.11 bits per heavy atom. The number of sulfonamides is 1. The van der Waals surface area contributed by atoms with Gasteiger partial charge in [-0.2, -0.15) is 0 Å². The van der Waals surface area contributed by atoms with Gasteiger partial charge in [-0.15, -0.1) is 0 Å². The van der Waals surface area contributed by atoms with Gasteiger partial charge in [0.2, 0.25) is 0 Å². The largest absolute Gasteiger partial charge is 0.276 e. The third-order valence-corrected chi connectivity index (χ3v) is 4.54. The van der Waals surface area contributed by atoms with Crippen molar-refractivity contribution in [2.75, 3.05) is 4.72 Å². The zero-order chi connectivity index (χ0) is 14.0. The van der Waals surface area contributed by atoms with E-state index in [-0.39, 0.29) is 15.7 Å². The van der Waals surface area contributed by atoms with Crippen LogP contribution in [-0.2, 0) is 10.0 Å². The highest BCUT2D eigenvalue weighted by atomic mass is 79.9. The number of nitrogens with one attached hydrogen (secondary N) is 1. The van der Waals surface area contributed by atoms with E-state index in [9.17, 15) is 8.42 Å². The lowest BCUT2D eigenvalue weighted by atomic mass is 10.4. The quantitative estimate of drug-likeness (QED) is 0.762. The lowest BCUT2D eigenvalue weighted by molar-refractivity contribution is 0.600. The van der Waals surface area contributed by atoms with Gasteiger partial charge in [0.05, 0.1) is 5.69 Å². The molecule has 2 rings (SSSR count). The summed E-state index contributed by atoms with van der Waals surface area (Å²) in [7, 11) is -3.76. The molecule has 0 atom stereocenters. The van der Waals surface area contributed by atoms with E-state index >= 15 is 0 Å². The van der Waals surface area contributed by atoms with E-state index in [0.29, 0.717) is 8.95 Å². The van der Waals surface area contributed by atoms with Gasteiger partial charge in [-0.3, -0.25) is 9.71 Å². The standard InChI is InChI=1S/C10H6Br2ClN3O2S/c11-6-1-8(5-14-3-6)19(17,18)16-9-2-7(12)4-15-10(9)13/h1-5,16H. The fourth-order valence-electron chi connectivity index (χ4n) is 1.24. The normalized spacial score (nSPS) is 11.3. The first-order valence-corrected chi connectivity index (χ1v) is 8.27. The first-order chi connectivity index (χ1) is 8.88. The Labute approximate surface area is 131 Å². The summed E-state index contributed by atoms with van der Waals surface area (Å²) in [6.45, 7) is 0. The first-order valence-electron chi connectivity index (χ1n) is 4.83. The van der Waals surface area contributed by atoms with Crippen LogP contribution in [0.15, 0.2) is 44.6 Å². The van der Waals surface area contributed by atoms with Gasteiger partial charge in [0, 0.05) is 27.5 Å². The number of hydrogen-bond donors (Lipinski definition) is 1. The molecule has 0 aromatic carbocycles. The van der Waals surface area contributed by atoms with Gasteiger partial charge in [0.25, 0.3) is 10.0 Å². The van der Waals surface area contributed by atoms with Gasteiger partial charge in [-0.25, -0.2) is 13.4 Å². The van der Waals surface area contributed by atoms with Gasteiger partial charge in [0.1, 0.15) is 4.90 Å². The fourth-order valence-corrected chi connectivity index (χ4v) is 3.34. The minimum Gasteiger partial charge on any atom is -0.276 e. The molecule has 2 aromatic rings. The molecule has 2 heterocycles. The number of anilines is 1. The van der Waals surface area contributed by atoms with Crippen LogP contribution in [0.25, 0.3) is 0 Å². The van der Waals surface area contributed by atoms with E-state index in [0.717, 1.165) is 0 Å². The summed E-state index contributed by atoms with van der Waals surface area (Å²) in [6.07, 6.45) is 4.21. The highest BCUT2D eigenvalue weighted by Gasteiger charge is 2.17. The average Bonchev–Trinajstić information content (AvgIpc) is 2.33. The van der Waals surface area contributed by atoms with Crippen LogP contribution < -0.4 is 4.72 Å². The third kappa shape index (κ3) is 3.65. The van der Waals surface area contributed by atoms with Crippen molar-refractivity contribution in [3.8, 4) is 0 Å². The Morgan fingerprint density at radius 3 is 2.47 bits per heavy atom. The van der Waals surface area contributed by atoms with Gasteiger partial charge in [0.15, 0.2) is 5.15 Å². The highest BCUT2D eigenvalue weighted by molar-refractivity contribution is 9.10. The van der Waals surface area contributed by atoms with E-state index in [4.69, 9.17) is 11.6 Å². The number of halogens is 3. The summed E-state index contributed by atoms with van der Waals surface area (Å²) in [6, 6.07) is 2.97. The fraction of sp³-hybridized carbons (Fsp3) is 0. The Kier molecular flexibility index (Phi) is 4.44. The molecule has 0 radical (unpaired) electrons. The van der Waals surface area contributed by atoms with Crippen LogP contribution in [0.2, 0.25) is 5.15 Å². The van der Waals surface area contributed by atoms with Crippen molar-refractivity contribution >= 4 is 59.2 Å². The molecule has 0 amide bonds. The Morgan fingerprint density at radius 2 is 1.79 bits per heavy atom. The molecule has 5 nitrogen and oxygen atoms in total. The monoisotopic (exact) mass is 425 g/mol. The molecule has 0 bridgehead atoms. The summed E-state index contributed by atoms with van der Waals surface area (Å²) in [5, 5.41) is 0.0646. The number of nitrogens with zero attached hydrogens (tertiary/aromatic N) is 2. The first kappa shape index (κ1) is 14.7. The van der Waals surface area contributed by atoms with Crippen LogP contribution in [0.1, 0.15) is 0 Å². The molecule has 0 aliphatic carbocycles. The SMILES string of the molecule is O=S(=O)(Nc1cc(Br)cnc1Cl)c1cncc(Br)c1. The molecule has 0 saturated heterocycles. The predicted molar refractivity (Wildman–Crippen MR) is 79.7 cm³/mol. The molecule has 100 valence electrons. The third-order valence-electron chi connectivity index (χ3n) is 2.04. The maximum atomic E-state index is 12.1. The van der Waals surface area contributed by atoms with Crippen LogP contribution in [-0.4, -0.2) is 18.4 Å². The van der Waals surface area contributed by atoms with E-state index < -0.39 is 10.0 Å². The molecule has 1 N–H and O–H groups in total. The lowest BCUT2D eigenvalue weighted by Crippen LogP contribution is -2.13. The van der Waals surface area contributed by atoms with Crippen LogP contribution in [0.5, 0.6) is 0 Å². The molecule has 2 aromatic heterocycles. The molecular formula is C10H6Br2ClN3O2S.